The quantitative estimate of drug-likeness (QED) is 0.833. The maximum atomic E-state index is 5.97. The first kappa shape index (κ1) is 13.0. The maximum absolute atomic E-state index is 5.97. The highest BCUT2D eigenvalue weighted by Crippen LogP contribution is 2.38. The lowest BCUT2D eigenvalue weighted by molar-refractivity contribution is -0.183. The average molecular weight is 253 g/mol. The van der Waals surface area contributed by atoms with E-state index in [2.05, 4.69) is 0 Å². The van der Waals surface area contributed by atoms with Crippen molar-refractivity contribution in [3.8, 4) is 11.5 Å². The third-order valence-corrected chi connectivity index (χ3v) is 2.71. The van der Waals surface area contributed by atoms with Crippen LogP contribution in [0.1, 0.15) is 25.2 Å². The van der Waals surface area contributed by atoms with E-state index in [1.54, 1.807) is 7.11 Å². The Morgan fingerprint density at radius 1 is 1.33 bits per heavy atom. The molecule has 0 spiro atoms. The minimum atomic E-state index is -0.370. The summed E-state index contributed by atoms with van der Waals surface area (Å²) in [5.74, 6) is 1.17. The fourth-order valence-corrected chi connectivity index (χ4v) is 1.91. The van der Waals surface area contributed by atoms with Gasteiger partial charge >= 0.3 is 0 Å². The summed E-state index contributed by atoms with van der Waals surface area (Å²) in [6, 6.07) is 3.65. The average Bonchev–Trinajstić information content (AvgIpc) is 2.42. The lowest BCUT2D eigenvalue weighted by atomic mass is 10.1. The summed E-state index contributed by atoms with van der Waals surface area (Å²) in [5, 5.41) is 0. The highest BCUT2D eigenvalue weighted by Gasteiger charge is 2.20. The molecule has 0 amide bonds. The molecule has 2 N–H and O–H groups in total. The van der Waals surface area contributed by atoms with Crippen molar-refractivity contribution in [2.24, 2.45) is 0 Å². The van der Waals surface area contributed by atoms with Crippen molar-refractivity contribution in [1.29, 1.82) is 0 Å². The minimum absolute atomic E-state index is 0.370. The van der Waals surface area contributed by atoms with E-state index < -0.39 is 0 Å². The molecule has 1 aliphatic heterocycles. The zero-order valence-electron chi connectivity index (χ0n) is 10.8. The molecule has 1 saturated heterocycles. The smallest absolute Gasteiger partial charge is 0.184 e. The molecule has 2 rings (SSSR count). The highest BCUT2D eigenvalue weighted by atomic mass is 16.7. The van der Waals surface area contributed by atoms with Gasteiger partial charge in [-0.25, -0.2) is 0 Å². The molecular formula is C13H19NO4. The molecule has 18 heavy (non-hydrogen) atoms. The maximum Gasteiger partial charge on any atom is 0.184 e. The number of nitrogens with two attached hydrogens (primary N) is 1. The van der Waals surface area contributed by atoms with Gasteiger partial charge in [0.1, 0.15) is 0 Å². The van der Waals surface area contributed by atoms with Crippen molar-refractivity contribution in [2.45, 2.75) is 19.6 Å². The van der Waals surface area contributed by atoms with Gasteiger partial charge in [0, 0.05) is 5.56 Å². The zero-order valence-corrected chi connectivity index (χ0v) is 10.8. The van der Waals surface area contributed by atoms with E-state index >= 15 is 0 Å². The van der Waals surface area contributed by atoms with E-state index in [0.29, 0.717) is 37.0 Å². The van der Waals surface area contributed by atoms with Crippen LogP contribution in [-0.2, 0) is 9.47 Å². The van der Waals surface area contributed by atoms with Crippen molar-refractivity contribution < 1.29 is 18.9 Å². The molecule has 1 aromatic rings. The Kier molecular flexibility index (Phi) is 4.28. The molecule has 0 radical (unpaired) electrons. The molecule has 1 fully saturated rings. The van der Waals surface area contributed by atoms with Gasteiger partial charge in [-0.3, -0.25) is 0 Å². The summed E-state index contributed by atoms with van der Waals surface area (Å²) >= 11 is 0. The standard InChI is InChI=1S/C13H19NO4/c1-3-16-12-10(14)7-9(8-11(12)15-2)13-17-5-4-6-18-13/h7-8,13H,3-6,14H2,1-2H3. The first-order chi connectivity index (χ1) is 8.76. The molecule has 0 bridgehead atoms. The number of ether oxygens (including phenoxy) is 4. The predicted octanol–water partition coefficient (Wildman–Crippen LogP) is 2.11. The summed E-state index contributed by atoms with van der Waals surface area (Å²) in [6.07, 6.45) is 0.547. The molecule has 0 atom stereocenters. The second-order valence-electron chi connectivity index (χ2n) is 4.00. The van der Waals surface area contributed by atoms with Crippen LogP contribution >= 0.6 is 0 Å². The van der Waals surface area contributed by atoms with E-state index in [4.69, 9.17) is 24.7 Å². The van der Waals surface area contributed by atoms with Gasteiger partial charge in [0.05, 0.1) is 32.6 Å². The van der Waals surface area contributed by atoms with Gasteiger partial charge in [-0.05, 0) is 25.5 Å². The number of nitrogen functional groups attached to an aromatic ring is 1. The Labute approximate surface area is 107 Å². The Balaban J connectivity index is 2.29. The van der Waals surface area contributed by atoms with Crippen molar-refractivity contribution in [3.63, 3.8) is 0 Å². The number of anilines is 1. The highest BCUT2D eigenvalue weighted by molar-refractivity contribution is 5.62. The van der Waals surface area contributed by atoms with E-state index in [-0.39, 0.29) is 6.29 Å². The van der Waals surface area contributed by atoms with Crippen LogP contribution < -0.4 is 15.2 Å². The van der Waals surface area contributed by atoms with Gasteiger partial charge in [-0.15, -0.1) is 0 Å². The normalized spacial score (nSPS) is 16.6. The van der Waals surface area contributed by atoms with Gasteiger partial charge in [0.2, 0.25) is 0 Å². The van der Waals surface area contributed by atoms with Gasteiger partial charge in [-0.1, -0.05) is 0 Å². The predicted molar refractivity (Wildman–Crippen MR) is 67.8 cm³/mol. The van der Waals surface area contributed by atoms with Crippen molar-refractivity contribution >= 4 is 5.69 Å². The molecule has 0 saturated carbocycles. The minimum Gasteiger partial charge on any atom is -0.493 e. The largest absolute Gasteiger partial charge is 0.493 e. The number of methoxy groups -OCH3 is 1. The van der Waals surface area contributed by atoms with E-state index in [0.717, 1.165) is 12.0 Å². The molecule has 0 aromatic heterocycles. The van der Waals surface area contributed by atoms with E-state index in [9.17, 15) is 0 Å². The topological polar surface area (TPSA) is 62.9 Å². The molecule has 1 heterocycles. The van der Waals surface area contributed by atoms with Crippen LogP contribution in [0.25, 0.3) is 0 Å². The molecule has 0 aliphatic carbocycles. The SMILES string of the molecule is CCOc1c(N)cc(C2OCCCO2)cc1OC. The third kappa shape index (κ3) is 2.68. The van der Waals surface area contributed by atoms with Gasteiger partial charge < -0.3 is 24.7 Å². The second kappa shape index (κ2) is 5.93. The van der Waals surface area contributed by atoms with E-state index in [1.807, 2.05) is 19.1 Å². The lowest BCUT2D eigenvalue weighted by Crippen LogP contribution is -2.18. The van der Waals surface area contributed by atoms with Crippen LogP contribution in [0.3, 0.4) is 0 Å². The van der Waals surface area contributed by atoms with Crippen LogP contribution in [0.4, 0.5) is 5.69 Å². The molecule has 1 aromatic carbocycles. The summed E-state index contributed by atoms with van der Waals surface area (Å²) in [7, 11) is 1.59. The van der Waals surface area contributed by atoms with Crippen molar-refractivity contribution in [3.05, 3.63) is 17.7 Å². The molecule has 100 valence electrons. The summed E-state index contributed by atoms with van der Waals surface area (Å²) in [4.78, 5) is 0. The Morgan fingerprint density at radius 2 is 2.06 bits per heavy atom. The van der Waals surface area contributed by atoms with Crippen molar-refractivity contribution in [1.82, 2.24) is 0 Å². The van der Waals surface area contributed by atoms with Gasteiger partial charge in [0.25, 0.3) is 0 Å². The molecular weight excluding hydrogens is 234 g/mol. The third-order valence-electron chi connectivity index (χ3n) is 2.71. The summed E-state index contributed by atoms with van der Waals surface area (Å²) < 4.78 is 21.9. The zero-order chi connectivity index (χ0) is 13.0. The van der Waals surface area contributed by atoms with Crippen LogP contribution in [0.5, 0.6) is 11.5 Å². The fraction of sp³-hybridized carbons (Fsp3) is 0.538. The van der Waals surface area contributed by atoms with Crippen LogP contribution in [-0.4, -0.2) is 26.9 Å². The van der Waals surface area contributed by atoms with Gasteiger partial charge in [-0.2, -0.15) is 0 Å². The first-order valence-electron chi connectivity index (χ1n) is 6.09. The molecule has 5 heteroatoms. The first-order valence-corrected chi connectivity index (χ1v) is 6.09. The number of hydrogen-bond acceptors (Lipinski definition) is 5. The van der Waals surface area contributed by atoms with Crippen molar-refractivity contribution in [2.75, 3.05) is 32.7 Å². The summed E-state index contributed by atoms with van der Waals surface area (Å²) in [5.41, 5.74) is 7.36. The molecule has 5 nitrogen and oxygen atoms in total. The van der Waals surface area contributed by atoms with Crippen LogP contribution in [0.2, 0.25) is 0 Å². The summed E-state index contributed by atoms with van der Waals surface area (Å²) in [6.45, 7) is 3.83. The molecule has 1 aliphatic rings. The Hall–Kier alpha value is -1.46. The number of rotatable bonds is 4. The Bertz CT molecular complexity index is 402. The Morgan fingerprint density at radius 3 is 2.67 bits per heavy atom. The van der Waals surface area contributed by atoms with Gasteiger partial charge in [0.15, 0.2) is 17.8 Å². The fourth-order valence-electron chi connectivity index (χ4n) is 1.91. The van der Waals surface area contributed by atoms with Crippen LogP contribution in [0.15, 0.2) is 12.1 Å². The van der Waals surface area contributed by atoms with Crippen LogP contribution in [0, 0.1) is 0 Å². The monoisotopic (exact) mass is 253 g/mol. The number of hydrogen-bond donors (Lipinski definition) is 1. The second-order valence-corrected chi connectivity index (χ2v) is 4.00. The number of benzene rings is 1. The lowest BCUT2D eigenvalue weighted by Gasteiger charge is -2.24. The van der Waals surface area contributed by atoms with E-state index in [1.165, 1.54) is 0 Å². The molecule has 0 unspecified atom stereocenters.